The second kappa shape index (κ2) is 5.98. The summed E-state index contributed by atoms with van der Waals surface area (Å²) >= 11 is 0. The molecule has 2 N–H and O–H groups in total. The molecule has 99 valence electrons. The van der Waals surface area contributed by atoms with Crippen molar-refractivity contribution < 1.29 is 0 Å². The number of aromatic nitrogens is 1. The van der Waals surface area contributed by atoms with E-state index in [1.54, 1.807) is 0 Å². The van der Waals surface area contributed by atoms with E-state index in [2.05, 4.69) is 55.2 Å². The van der Waals surface area contributed by atoms with Gasteiger partial charge in [0.15, 0.2) is 0 Å². The summed E-state index contributed by atoms with van der Waals surface area (Å²) in [6.45, 7) is 7.01. The van der Waals surface area contributed by atoms with E-state index in [9.17, 15) is 0 Å². The van der Waals surface area contributed by atoms with Crippen LogP contribution in [-0.2, 0) is 13.0 Å². The molecule has 2 aromatic rings. The molecule has 2 nitrogen and oxygen atoms in total. The van der Waals surface area contributed by atoms with E-state index >= 15 is 0 Å². The van der Waals surface area contributed by atoms with Gasteiger partial charge in [-0.05, 0) is 42.0 Å². The SMILES string of the molecule is Cc1[c]c(-c2ccc(CN)cc2)cc(CC(C)C)n1. The van der Waals surface area contributed by atoms with Crippen LogP contribution in [0.5, 0.6) is 0 Å². The van der Waals surface area contributed by atoms with Gasteiger partial charge in [0.25, 0.3) is 0 Å². The van der Waals surface area contributed by atoms with Gasteiger partial charge in [0.2, 0.25) is 0 Å². The molecule has 1 aromatic carbocycles. The fourth-order valence-corrected chi connectivity index (χ4v) is 2.17. The highest BCUT2D eigenvalue weighted by molar-refractivity contribution is 5.63. The molecule has 0 aliphatic rings. The molecule has 1 radical (unpaired) electrons. The van der Waals surface area contributed by atoms with Crippen LogP contribution in [0.3, 0.4) is 0 Å². The second-order valence-corrected chi connectivity index (χ2v) is 5.37. The zero-order valence-corrected chi connectivity index (χ0v) is 11.9. The van der Waals surface area contributed by atoms with Crippen molar-refractivity contribution in [2.45, 2.75) is 33.7 Å². The number of aryl methyl sites for hydroxylation is 1. The van der Waals surface area contributed by atoms with Crippen molar-refractivity contribution in [2.75, 3.05) is 0 Å². The van der Waals surface area contributed by atoms with Gasteiger partial charge in [-0.1, -0.05) is 38.1 Å². The summed E-state index contributed by atoms with van der Waals surface area (Å²) in [4.78, 5) is 4.56. The molecule has 0 saturated carbocycles. The minimum absolute atomic E-state index is 0.581. The number of hydrogen-bond donors (Lipinski definition) is 1. The van der Waals surface area contributed by atoms with Crippen molar-refractivity contribution in [1.29, 1.82) is 0 Å². The van der Waals surface area contributed by atoms with Crippen LogP contribution in [0.4, 0.5) is 0 Å². The average Bonchev–Trinajstić information content (AvgIpc) is 2.37. The van der Waals surface area contributed by atoms with Crippen LogP contribution < -0.4 is 5.73 Å². The molecular formula is C17H21N2. The van der Waals surface area contributed by atoms with Gasteiger partial charge in [-0.15, -0.1) is 0 Å². The highest BCUT2D eigenvalue weighted by atomic mass is 14.7. The monoisotopic (exact) mass is 253 g/mol. The van der Waals surface area contributed by atoms with Gasteiger partial charge in [-0.25, -0.2) is 0 Å². The standard InChI is InChI=1S/C17H21N2/c1-12(2)8-17-10-16(9-13(3)19-17)15-6-4-14(11-18)5-7-15/h4-7,10,12H,8,11,18H2,1-3H3. The van der Waals surface area contributed by atoms with E-state index in [1.165, 1.54) is 5.56 Å². The Hall–Kier alpha value is -1.67. The molecule has 2 heteroatoms. The van der Waals surface area contributed by atoms with Crippen LogP contribution in [0.15, 0.2) is 30.3 Å². The van der Waals surface area contributed by atoms with E-state index in [1.807, 2.05) is 6.92 Å². The third-order valence-electron chi connectivity index (χ3n) is 3.06. The van der Waals surface area contributed by atoms with Crippen LogP contribution >= 0.6 is 0 Å². The molecule has 0 atom stereocenters. The number of rotatable bonds is 4. The first kappa shape index (κ1) is 13.8. The number of hydrogen-bond acceptors (Lipinski definition) is 2. The van der Waals surface area contributed by atoms with Crippen LogP contribution in [0, 0.1) is 18.9 Å². The van der Waals surface area contributed by atoms with Crippen molar-refractivity contribution in [3.05, 3.63) is 53.3 Å². The fraction of sp³-hybridized carbons (Fsp3) is 0.353. The lowest BCUT2D eigenvalue weighted by Gasteiger charge is -2.09. The van der Waals surface area contributed by atoms with Gasteiger partial charge in [-0.3, -0.25) is 4.98 Å². The summed E-state index contributed by atoms with van der Waals surface area (Å²) in [6.07, 6.45) is 1.00. The number of benzene rings is 1. The van der Waals surface area contributed by atoms with E-state index in [4.69, 9.17) is 5.73 Å². The lowest BCUT2D eigenvalue weighted by atomic mass is 10.0. The highest BCUT2D eigenvalue weighted by Gasteiger charge is 2.05. The Kier molecular flexibility index (Phi) is 4.33. The lowest BCUT2D eigenvalue weighted by Crippen LogP contribution is -2.00. The Morgan fingerprint density at radius 3 is 2.47 bits per heavy atom. The minimum Gasteiger partial charge on any atom is -0.326 e. The smallest absolute Gasteiger partial charge is 0.0461 e. The van der Waals surface area contributed by atoms with Crippen molar-refractivity contribution >= 4 is 0 Å². The van der Waals surface area contributed by atoms with E-state index in [0.29, 0.717) is 12.5 Å². The third kappa shape index (κ3) is 3.65. The first-order chi connectivity index (χ1) is 9.08. The van der Waals surface area contributed by atoms with E-state index in [0.717, 1.165) is 28.9 Å². The zero-order chi connectivity index (χ0) is 13.8. The molecule has 0 unspecified atom stereocenters. The summed E-state index contributed by atoms with van der Waals surface area (Å²) < 4.78 is 0. The van der Waals surface area contributed by atoms with Gasteiger partial charge < -0.3 is 5.73 Å². The first-order valence-corrected chi connectivity index (χ1v) is 6.77. The number of pyridine rings is 1. The number of nitrogens with two attached hydrogens (primary N) is 1. The highest BCUT2D eigenvalue weighted by Crippen LogP contribution is 2.22. The summed E-state index contributed by atoms with van der Waals surface area (Å²) in [5, 5.41) is 0. The molecule has 0 fully saturated rings. The number of nitrogens with zero attached hydrogens (tertiary/aromatic N) is 1. The zero-order valence-electron chi connectivity index (χ0n) is 11.9. The fourth-order valence-electron chi connectivity index (χ4n) is 2.17. The van der Waals surface area contributed by atoms with E-state index < -0.39 is 0 Å². The van der Waals surface area contributed by atoms with Gasteiger partial charge in [0.1, 0.15) is 0 Å². The van der Waals surface area contributed by atoms with Gasteiger partial charge in [0, 0.05) is 24.0 Å². The average molecular weight is 253 g/mol. The Morgan fingerprint density at radius 1 is 1.21 bits per heavy atom. The molecule has 19 heavy (non-hydrogen) atoms. The predicted molar refractivity (Wildman–Crippen MR) is 79.7 cm³/mol. The molecule has 0 amide bonds. The van der Waals surface area contributed by atoms with Gasteiger partial charge in [0.05, 0.1) is 0 Å². The third-order valence-corrected chi connectivity index (χ3v) is 3.06. The van der Waals surface area contributed by atoms with Crippen LogP contribution in [0.1, 0.15) is 30.8 Å². The normalized spacial score (nSPS) is 11.0. The topological polar surface area (TPSA) is 38.9 Å². The molecule has 0 aliphatic carbocycles. The Balaban J connectivity index is 2.34. The molecule has 0 saturated heterocycles. The molecule has 0 aliphatic heterocycles. The maximum Gasteiger partial charge on any atom is 0.0461 e. The van der Waals surface area contributed by atoms with Crippen molar-refractivity contribution in [3.8, 4) is 11.1 Å². The summed E-state index contributed by atoms with van der Waals surface area (Å²) in [6, 6.07) is 13.8. The maximum atomic E-state index is 5.62. The van der Waals surface area contributed by atoms with Crippen molar-refractivity contribution in [3.63, 3.8) is 0 Å². The van der Waals surface area contributed by atoms with E-state index in [-0.39, 0.29) is 0 Å². The second-order valence-electron chi connectivity index (χ2n) is 5.37. The molecule has 1 aromatic heterocycles. The summed E-state index contributed by atoms with van der Waals surface area (Å²) in [7, 11) is 0. The van der Waals surface area contributed by atoms with Gasteiger partial charge >= 0.3 is 0 Å². The molecular weight excluding hydrogens is 232 g/mol. The first-order valence-electron chi connectivity index (χ1n) is 6.77. The summed E-state index contributed by atoms with van der Waals surface area (Å²) in [5.41, 5.74) is 11.2. The molecule has 0 bridgehead atoms. The largest absolute Gasteiger partial charge is 0.326 e. The Morgan fingerprint density at radius 2 is 1.89 bits per heavy atom. The predicted octanol–water partition coefficient (Wildman–Crippen LogP) is 3.51. The maximum absolute atomic E-state index is 5.62. The molecule has 1 heterocycles. The van der Waals surface area contributed by atoms with Crippen LogP contribution in [0.2, 0.25) is 0 Å². The van der Waals surface area contributed by atoms with Crippen molar-refractivity contribution in [2.24, 2.45) is 11.7 Å². The lowest BCUT2D eigenvalue weighted by molar-refractivity contribution is 0.634. The Labute approximate surface area is 115 Å². The van der Waals surface area contributed by atoms with Crippen LogP contribution in [-0.4, -0.2) is 4.98 Å². The van der Waals surface area contributed by atoms with Crippen molar-refractivity contribution in [1.82, 2.24) is 4.98 Å². The minimum atomic E-state index is 0.581. The quantitative estimate of drug-likeness (QED) is 0.905. The molecule has 0 spiro atoms. The molecule has 2 rings (SSSR count). The Bertz CT molecular complexity index is 542. The van der Waals surface area contributed by atoms with Gasteiger partial charge in [-0.2, -0.15) is 0 Å². The van der Waals surface area contributed by atoms with Crippen LogP contribution in [0.25, 0.3) is 11.1 Å². The summed E-state index contributed by atoms with van der Waals surface area (Å²) in [5.74, 6) is 0.613.